The van der Waals surface area contributed by atoms with E-state index in [1.165, 1.54) is 32.2 Å². The number of likely N-dealkylation sites (tertiary alicyclic amines) is 1. The first-order chi connectivity index (χ1) is 15.3. The van der Waals surface area contributed by atoms with Crippen molar-refractivity contribution < 1.29 is 22.0 Å². The molecule has 0 atom stereocenters. The SMILES string of the molecule is O=C(NC1CCN(CC2CCCC2)CC1)N1CCN(S(=O)(=O)c2cc(F)ccc2F)CC1. The number of hydrogen-bond acceptors (Lipinski definition) is 4. The Kier molecular flexibility index (Phi) is 7.31. The molecule has 1 aliphatic carbocycles. The van der Waals surface area contributed by atoms with Gasteiger partial charge in [-0.1, -0.05) is 12.8 Å². The fraction of sp³-hybridized carbons (Fsp3) is 0.682. The minimum absolute atomic E-state index is 0.0472. The van der Waals surface area contributed by atoms with Crippen LogP contribution in [0.15, 0.2) is 23.1 Å². The number of piperazine rings is 1. The van der Waals surface area contributed by atoms with E-state index in [4.69, 9.17) is 0 Å². The second-order valence-electron chi connectivity index (χ2n) is 9.14. The molecule has 1 aromatic rings. The first kappa shape index (κ1) is 23.4. The molecule has 2 saturated heterocycles. The minimum Gasteiger partial charge on any atom is -0.335 e. The molecule has 1 saturated carbocycles. The summed E-state index contributed by atoms with van der Waals surface area (Å²) in [5.41, 5.74) is 0. The predicted molar refractivity (Wildman–Crippen MR) is 117 cm³/mol. The molecule has 4 rings (SSSR count). The fourth-order valence-corrected chi connectivity index (χ4v) is 6.53. The molecular weight excluding hydrogens is 438 g/mol. The van der Waals surface area contributed by atoms with Gasteiger partial charge < -0.3 is 15.1 Å². The number of nitrogens with zero attached hydrogens (tertiary/aromatic N) is 3. The van der Waals surface area contributed by atoms with Gasteiger partial charge in [0, 0.05) is 51.9 Å². The van der Waals surface area contributed by atoms with Crippen LogP contribution >= 0.6 is 0 Å². The number of nitrogens with one attached hydrogen (secondary N) is 1. The van der Waals surface area contributed by atoms with Crippen LogP contribution in [-0.2, 0) is 10.0 Å². The maximum absolute atomic E-state index is 14.0. The third kappa shape index (κ3) is 5.40. The number of hydrogen-bond donors (Lipinski definition) is 1. The van der Waals surface area contributed by atoms with Crippen LogP contribution in [0.2, 0.25) is 0 Å². The molecule has 0 radical (unpaired) electrons. The van der Waals surface area contributed by atoms with Gasteiger partial charge in [0.05, 0.1) is 0 Å². The van der Waals surface area contributed by atoms with E-state index in [0.717, 1.165) is 48.3 Å². The third-order valence-electron chi connectivity index (χ3n) is 6.94. The van der Waals surface area contributed by atoms with E-state index in [2.05, 4.69) is 10.2 Å². The Balaban J connectivity index is 1.24. The number of urea groups is 1. The summed E-state index contributed by atoms with van der Waals surface area (Å²) in [6, 6.07) is 2.34. The highest BCUT2D eigenvalue weighted by Gasteiger charge is 2.33. The lowest BCUT2D eigenvalue weighted by Gasteiger charge is -2.37. The maximum atomic E-state index is 14.0. The van der Waals surface area contributed by atoms with Gasteiger partial charge in [-0.2, -0.15) is 4.31 Å². The average Bonchev–Trinajstić information content (AvgIpc) is 3.30. The van der Waals surface area contributed by atoms with Gasteiger partial charge >= 0.3 is 6.03 Å². The van der Waals surface area contributed by atoms with Gasteiger partial charge in [0.2, 0.25) is 10.0 Å². The van der Waals surface area contributed by atoms with Crippen LogP contribution < -0.4 is 5.32 Å². The Morgan fingerprint density at radius 1 is 0.969 bits per heavy atom. The van der Waals surface area contributed by atoms with Crippen molar-refractivity contribution in [2.45, 2.75) is 49.5 Å². The second kappa shape index (κ2) is 10.0. The lowest BCUT2D eigenvalue weighted by molar-refractivity contribution is 0.149. The molecule has 32 heavy (non-hydrogen) atoms. The average molecular weight is 471 g/mol. The number of carbonyl (C=O) groups excluding carboxylic acids is 1. The molecule has 3 fully saturated rings. The summed E-state index contributed by atoms with van der Waals surface area (Å²) in [7, 11) is -4.15. The van der Waals surface area contributed by atoms with Crippen LogP contribution in [0.4, 0.5) is 13.6 Å². The minimum atomic E-state index is -4.15. The van der Waals surface area contributed by atoms with E-state index in [1.807, 2.05) is 0 Å². The van der Waals surface area contributed by atoms with Gasteiger partial charge in [0.15, 0.2) is 0 Å². The van der Waals surface area contributed by atoms with Gasteiger partial charge in [-0.3, -0.25) is 0 Å². The molecule has 2 aliphatic heterocycles. The fourth-order valence-electron chi connectivity index (χ4n) is 5.03. The predicted octanol–water partition coefficient (Wildman–Crippen LogP) is 2.64. The van der Waals surface area contributed by atoms with Crippen molar-refractivity contribution >= 4 is 16.1 Å². The van der Waals surface area contributed by atoms with Crippen LogP contribution in [0.25, 0.3) is 0 Å². The zero-order valence-corrected chi connectivity index (χ0v) is 19.1. The van der Waals surface area contributed by atoms with E-state index >= 15 is 0 Å². The molecule has 10 heteroatoms. The monoisotopic (exact) mass is 470 g/mol. The van der Waals surface area contributed by atoms with Crippen LogP contribution in [0.1, 0.15) is 38.5 Å². The zero-order chi connectivity index (χ0) is 22.7. The van der Waals surface area contributed by atoms with E-state index in [1.54, 1.807) is 4.90 Å². The zero-order valence-electron chi connectivity index (χ0n) is 18.3. The van der Waals surface area contributed by atoms with Crippen molar-refractivity contribution in [3.63, 3.8) is 0 Å². The Morgan fingerprint density at radius 3 is 2.28 bits per heavy atom. The molecule has 0 unspecified atom stereocenters. The molecule has 0 aromatic heterocycles. The van der Waals surface area contributed by atoms with Gasteiger partial charge in [0.25, 0.3) is 0 Å². The molecule has 1 aromatic carbocycles. The summed E-state index contributed by atoms with van der Waals surface area (Å²) < 4.78 is 53.9. The molecular formula is C22H32F2N4O3S. The van der Waals surface area contributed by atoms with Gasteiger partial charge in [-0.25, -0.2) is 22.0 Å². The van der Waals surface area contributed by atoms with E-state index in [-0.39, 0.29) is 38.3 Å². The Hall–Kier alpha value is -1.78. The number of sulfonamides is 1. The summed E-state index contributed by atoms with van der Waals surface area (Å²) in [6.07, 6.45) is 7.22. The van der Waals surface area contributed by atoms with Crippen LogP contribution in [0.5, 0.6) is 0 Å². The topological polar surface area (TPSA) is 73.0 Å². The quantitative estimate of drug-likeness (QED) is 0.718. The smallest absolute Gasteiger partial charge is 0.317 e. The first-order valence-electron chi connectivity index (χ1n) is 11.6. The van der Waals surface area contributed by atoms with Crippen molar-refractivity contribution in [3.8, 4) is 0 Å². The highest BCUT2D eigenvalue weighted by Crippen LogP contribution is 2.26. The highest BCUT2D eigenvalue weighted by atomic mass is 32.2. The van der Waals surface area contributed by atoms with Crippen LogP contribution in [-0.4, -0.2) is 80.4 Å². The number of piperidine rings is 1. The molecule has 1 N–H and O–H groups in total. The first-order valence-corrected chi connectivity index (χ1v) is 13.0. The van der Waals surface area contributed by atoms with E-state index in [0.29, 0.717) is 6.07 Å². The van der Waals surface area contributed by atoms with Crippen molar-refractivity contribution in [2.24, 2.45) is 5.92 Å². The van der Waals surface area contributed by atoms with E-state index in [9.17, 15) is 22.0 Å². The second-order valence-corrected chi connectivity index (χ2v) is 11.0. The lowest BCUT2D eigenvalue weighted by Crippen LogP contribution is -2.55. The van der Waals surface area contributed by atoms with Crippen molar-refractivity contribution in [2.75, 3.05) is 45.8 Å². The summed E-state index contributed by atoms with van der Waals surface area (Å²) in [5, 5.41) is 3.09. The summed E-state index contributed by atoms with van der Waals surface area (Å²) >= 11 is 0. The standard InChI is InChI=1S/C22H32F2N4O3S/c23-18-5-6-20(24)21(15-18)32(30,31)28-13-11-27(12-14-28)22(29)25-19-7-9-26(10-8-19)16-17-3-1-2-4-17/h5-6,15,17,19H,1-4,7-14,16H2,(H,25,29). The number of rotatable bonds is 5. The van der Waals surface area contributed by atoms with E-state index < -0.39 is 26.6 Å². The van der Waals surface area contributed by atoms with Crippen LogP contribution in [0.3, 0.4) is 0 Å². The van der Waals surface area contributed by atoms with Crippen molar-refractivity contribution in [1.82, 2.24) is 19.4 Å². The number of benzene rings is 1. The van der Waals surface area contributed by atoms with Gasteiger partial charge in [0.1, 0.15) is 16.5 Å². The normalized spacial score (nSPS) is 22.4. The largest absolute Gasteiger partial charge is 0.335 e. The molecule has 0 spiro atoms. The van der Waals surface area contributed by atoms with Gasteiger partial charge in [-0.05, 0) is 49.8 Å². The van der Waals surface area contributed by atoms with Crippen molar-refractivity contribution in [1.29, 1.82) is 0 Å². The summed E-state index contributed by atoms with van der Waals surface area (Å²) in [4.78, 5) is 16.1. The molecule has 178 valence electrons. The van der Waals surface area contributed by atoms with Crippen molar-refractivity contribution in [3.05, 3.63) is 29.8 Å². The molecule has 7 nitrogen and oxygen atoms in total. The maximum Gasteiger partial charge on any atom is 0.317 e. The summed E-state index contributed by atoms with van der Waals surface area (Å²) in [5.74, 6) is -0.960. The number of halogens is 2. The third-order valence-corrected chi connectivity index (χ3v) is 8.86. The number of amides is 2. The molecule has 2 amide bonds. The highest BCUT2D eigenvalue weighted by molar-refractivity contribution is 7.89. The Morgan fingerprint density at radius 2 is 1.62 bits per heavy atom. The molecule has 3 aliphatic rings. The Labute approximate surface area is 188 Å². The number of carbonyl (C=O) groups is 1. The summed E-state index contributed by atoms with van der Waals surface area (Å²) in [6.45, 7) is 3.67. The lowest BCUT2D eigenvalue weighted by atomic mass is 10.0. The Bertz CT molecular complexity index is 908. The van der Waals surface area contributed by atoms with Crippen LogP contribution in [0, 0.1) is 17.6 Å². The molecule has 2 heterocycles. The van der Waals surface area contributed by atoms with Gasteiger partial charge in [-0.15, -0.1) is 0 Å². The molecule has 0 bridgehead atoms.